The second-order valence-corrected chi connectivity index (χ2v) is 7.41. The van der Waals surface area contributed by atoms with Crippen molar-refractivity contribution >= 4 is 28.4 Å². The zero-order valence-corrected chi connectivity index (χ0v) is 24.0. The van der Waals surface area contributed by atoms with Gasteiger partial charge in [-0.2, -0.15) is 17.5 Å². The van der Waals surface area contributed by atoms with Gasteiger partial charge in [0.2, 0.25) is 0 Å². The number of benzene rings is 4. The molecule has 34 heavy (non-hydrogen) atoms. The van der Waals surface area contributed by atoms with Crippen LogP contribution in [0.3, 0.4) is 0 Å². The van der Waals surface area contributed by atoms with Crippen LogP contribution in [0.1, 0.15) is 0 Å². The molecule has 168 valence electrons. The maximum Gasteiger partial charge on any atom is -0.0582 e. The van der Waals surface area contributed by atoms with E-state index in [4.69, 9.17) is 0 Å². The van der Waals surface area contributed by atoms with Gasteiger partial charge in [-0.15, -0.1) is 63.7 Å². The summed E-state index contributed by atoms with van der Waals surface area (Å²) in [6.07, 6.45) is 0. The Balaban J connectivity index is 0.000000266. The first-order chi connectivity index (χ1) is 15.9. The number of rotatable bonds is 2. The third-order valence-corrected chi connectivity index (χ3v) is 5.49. The van der Waals surface area contributed by atoms with Crippen LogP contribution in [0.5, 0.6) is 0 Å². The number of hydrogen-bond acceptors (Lipinski definition) is 0. The Bertz CT molecular complexity index is 1380. The van der Waals surface area contributed by atoms with Crippen LogP contribution in [0.2, 0.25) is 0 Å². The molecule has 6 aromatic rings. The molecule has 0 spiro atoms. The Kier molecular flexibility index (Phi) is 11.7. The van der Waals surface area contributed by atoms with Crippen molar-refractivity contribution in [3.63, 3.8) is 0 Å². The van der Waals surface area contributed by atoms with Crippen LogP contribution < -0.4 is 24.8 Å². The first-order valence-electron chi connectivity index (χ1n) is 10.7. The molecule has 0 bridgehead atoms. The Morgan fingerprint density at radius 2 is 1.06 bits per heavy atom. The normalized spacial score (nSPS) is 9.59. The molecule has 0 amide bonds. The summed E-state index contributed by atoms with van der Waals surface area (Å²) < 4.78 is 0. The van der Waals surface area contributed by atoms with Gasteiger partial charge in [-0.1, -0.05) is 96.1 Å². The molecule has 6 aromatic carbocycles. The molecule has 6 rings (SSSR count). The molecule has 0 aromatic heterocycles. The minimum absolute atomic E-state index is 0. The molecule has 0 nitrogen and oxygen atoms in total. The largest absolute Gasteiger partial charge is 0.168 e. The molecule has 0 saturated carbocycles. The molecular formula is C30H24Cl2SiZr-2. The molecule has 0 heterocycles. The summed E-state index contributed by atoms with van der Waals surface area (Å²) in [7, 11) is 0. The summed E-state index contributed by atoms with van der Waals surface area (Å²) in [6, 6.07) is 46.9. The van der Waals surface area contributed by atoms with Crippen molar-refractivity contribution in [3.05, 3.63) is 133 Å². The Morgan fingerprint density at radius 3 is 1.71 bits per heavy atom. The van der Waals surface area contributed by atoms with Crippen molar-refractivity contribution < 1.29 is 48.1 Å². The first kappa shape index (κ1) is 28.0. The zero-order valence-electron chi connectivity index (χ0n) is 18.7. The smallest absolute Gasteiger partial charge is 0.0582 e. The summed E-state index contributed by atoms with van der Waals surface area (Å²) >= 11 is 1.58. The third kappa shape index (κ3) is 6.46. The molecule has 0 unspecified atom stereocenters. The van der Waals surface area contributed by atoms with E-state index in [9.17, 15) is 0 Å². The number of halogens is 2. The van der Waals surface area contributed by atoms with Gasteiger partial charge in [-0.3, -0.25) is 0 Å². The fraction of sp³-hybridized carbons (Fsp3) is 0. The summed E-state index contributed by atoms with van der Waals surface area (Å²) in [6.45, 7) is 1.95. The van der Waals surface area contributed by atoms with E-state index in [1.807, 2.05) is 6.88 Å². The van der Waals surface area contributed by atoms with Crippen molar-refractivity contribution in [2.45, 2.75) is 0 Å². The second-order valence-electron chi connectivity index (χ2n) is 7.41. The molecule has 0 radical (unpaired) electrons. The Hall–Kier alpha value is -2.22. The van der Waals surface area contributed by atoms with Gasteiger partial charge in [0.1, 0.15) is 0 Å². The monoisotopic (exact) mass is 572 g/mol. The van der Waals surface area contributed by atoms with Crippen LogP contribution in [-0.2, 0) is 23.3 Å². The van der Waals surface area contributed by atoms with Gasteiger partial charge in [0, 0.05) is 0 Å². The topological polar surface area (TPSA) is 0 Å². The van der Waals surface area contributed by atoms with E-state index in [-0.39, 0.29) is 24.8 Å². The van der Waals surface area contributed by atoms with Crippen LogP contribution in [-0.4, -0.2) is 6.88 Å². The fourth-order valence-electron chi connectivity index (χ4n) is 4.05. The molecular weight excluding hydrogens is 551 g/mol. The van der Waals surface area contributed by atoms with E-state index in [2.05, 4.69) is 133 Å². The first-order valence-corrected chi connectivity index (χ1v) is 16.6. The summed E-state index contributed by atoms with van der Waals surface area (Å²) in [4.78, 5) is 0. The standard InChI is InChI=1S/C21H15.C9H7.2ClH.H2Si.Zr/c1-3-9-16(10-4-1)20-15-18-13-7-8-14-19(18)21(20)17-11-5-2-6-12-17;1-2-5-9-7-3-6-8(9)4-1;;;;/h1-15H;1-7H;2*1H;1H2;/q2*-1;;;;+2/p-2. The quantitative estimate of drug-likeness (QED) is 0.218. The van der Waals surface area contributed by atoms with Gasteiger partial charge in [-0.25, -0.2) is 0 Å². The van der Waals surface area contributed by atoms with Crippen molar-refractivity contribution in [2.75, 3.05) is 0 Å². The molecule has 0 atom stereocenters. The minimum atomic E-state index is 0. The van der Waals surface area contributed by atoms with E-state index in [1.165, 1.54) is 43.8 Å². The van der Waals surface area contributed by atoms with Crippen LogP contribution in [0, 0.1) is 0 Å². The summed E-state index contributed by atoms with van der Waals surface area (Å²) in [5, 5.41) is 5.28. The van der Waals surface area contributed by atoms with Gasteiger partial charge >= 0.3 is 30.2 Å². The molecule has 0 aliphatic carbocycles. The van der Waals surface area contributed by atoms with Crippen LogP contribution in [0.25, 0.3) is 43.8 Å². The predicted octanol–water partition coefficient (Wildman–Crippen LogP) is 1.54. The average Bonchev–Trinajstić information content (AvgIpc) is 3.52. The van der Waals surface area contributed by atoms with Crippen LogP contribution in [0.15, 0.2) is 133 Å². The molecule has 0 fully saturated rings. The average molecular weight is 575 g/mol. The minimum Gasteiger partial charge on any atom is -0.168 e. The maximum atomic E-state index is 2.30. The van der Waals surface area contributed by atoms with Gasteiger partial charge in [0.15, 0.2) is 0 Å². The van der Waals surface area contributed by atoms with E-state index in [0.29, 0.717) is 0 Å². The van der Waals surface area contributed by atoms with E-state index in [0.717, 1.165) is 0 Å². The summed E-state index contributed by atoms with van der Waals surface area (Å²) in [5.74, 6) is 0. The van der Waals surface area contributed by atoms with E-state index >= 15 is 0 Å². The van der Waals surface area contributed by atoms with E-state index < -0.39 is 0 Å². The molecule has 0 N–H and O–H groups in total. The van der Waals surface area contributed by atoms with Crippen LogP contribution >= 0.6 is 0 Å². The Labute approximate surface area is 230 Å². The van der Waals surface area contributed by atoms with Gasteiger partial charge in [0.25, 0.3) is 0 Å². The molecule has 4 heteroatoms. The SMILES string of the molecule is [Cl-].[Cl-].[SiH2]=[Zr+2].c1ccc(-c2[cH-]c3ccccc3c2-c2ccccc2)cc1.c1ccc2[cH-]ccc2c1. The van der Waals surface area contributed by atoms with Gasteiger partial charge in [0.05, 0.1) is 0 Å². The second kappa shape index (κ2) is 14.2. The van der Waals surface area contributed by atoms with Gasteiger partial charge in [-0.05, 0) is 0 Å². The Morgan fingerprint density at radius 1 is 0.529 bits per heavy atom. The molecule has 0 aliphatic heterocycles. The zero-order chi connectivity index (χ0) is 22.2. The third-order valence-electron chi connectivity index (χ3n) is 5.49. The molecule has 0 aliphatic rings. The number of fused-ring (bicyclic) bond motifs is 2. The number of hydrogen-bond donors (Lipinski definition) is 0. The molecule has 0 saturated heterocycles. The maximum absolute atomic E-state index is 2.30. The predicted molar refractivity (Wildman–Crippen MR) is 138 cm³/mol. The van der Waals surface area contributed by atoms with Crippen molar-refractivity contribution in [3.8, 4) is 22.3 Å². The van der Waals surface area contributed by atoms with Gasteiger partial charge < -0.3 is 24.8 Å². The van der Waals surface area contributed by atoms with Crippen LogP contribution in [0.4, 0.5) is 0 Å². The fourth-order valence-corrected chi connectivity index (χ4v) is 4.05. The van der Waals surface area contributed by atoms with Crippen molar-refractivity contribution in [1.82, 2.24) is 0 Å². The van der Waals surface area contributed by atoms with E-state index in [1.54, 1.807) is 23.3 Å². The summed E-state index contributed by atoms with van der Waals surface area (Å²) in [5.41, 5.74) is 5.19. The van der Waals surface area contributed by atoms with Crippen molar-refractivity contribution in [2.24, 2.45) is 0 Å². The van der Waals surface area contributed by atoms with Crippen molar-refractivity contribution in [1.29, 1.82) is 0 Å².